The average molecular weight is 552 g/mol. The molecule has 0 spiro atoms. The van der Waals surface area contributed by atoms with E-state index in [-0.39, 0.29) is 28.4 Å². The molecule has 1 unspecified atom stereocenters. The molecule has 2 aromatic carbocycles. The van der Waals surface area contributed by atoms with Crippen LogP contribution < -0.4 is 15.7 Å². The van der Waals surface area contributed by atoms with Crippen molar-refractivity contribution in [2.24, 2.45) is 0 Å². The Labute approximate surface area is 223 Å². The number of carbonyl (C=O) groups excluding carboxylic acids is 1. The van der Waals surface area contributed by atoms with Gasteiger partial charge < -0.3 is 15.2 Å². The number of thioether (sulfide) groups is 1. The van der Waals surface area contributed by atoms with Crippen molar-refractivity contribution in [3.05, 3.63) is 58.3 Å². The molecule has 1 aliphatic rings. The SMILES string of the molecule is CC(n1c(=O)n(-c2cc(OCC(F)F)ccc2F)c2ccc(C(=O)NC3(C)CCSCC3)cc21)C(C)(C)O. The third kappa shape index (κ3) is 5.73. The summed E-state index contributed by atoms with van der Waals surface area (Å²) in [5.74, 6) is 0.814. The minimum absolute atomic E-state index is 0.0278. The van der Waals surface area contributed by atoms with Crippen molar-refractivity contribution in [1.82, 2.24) is 14.5 Å². The molecule has 1 fully saturated rings. The number of alkyl halides is 2. The Balaban J connectivity index is 1.85. The number of nitrogens with one attached hydrogen (secondary N) is 1. The van der Waals surface area contributed by atoms with E-state index in [1.165, 1.54) is 16.7 Å². The van der Waals surface area contributed by atoms with E-state index in [0.717, 1.165) is 35.0 Å². The van der Waals surface area contributed by atoms with Gasteiger partial charge in [-0.2, -0.15) is 11.8 Å². The lowest BCUT2D eigenvalue weighted by molar-refractivity contribution is 0.0307. The van der Waals surface area contributed by atoms with Gasteiger partial charge in [-0.05, 0) is 82.4 Å². The lowest BCUT2D eigenvalue weighted by Gasteiger charge is -2.34. The Morgan fingerprint density at radius 3 is 2.50 bits per heavy atom. The van der Waals surface area contributed by atoms with E-state index >= 15 is 4.39 Å². The van der Waals surface area contributed by atoms with Crippen molar-refractivity contribution in [3.63, 3.8) is 0 Å². The number of hydrogen-bond donors (Lipinski definition) is 2. The van der Waals surface area contributed by atoms with Crippen molar-refractivity contribution in [3.8, 4) is 11.4 Å². The van der Waals surface area contributed by atoms with Gasteiger partial charge in [0.25, 0.3) is 12.3 Å². The molecule has 0 saturated carbocycles. The monoisotopic (exact) mass is 551 g/mol. The van der Waals surface area contributed by atoms with Crippen LogP contribution in [0.25, 0.3) is 16.7 Å². The topological polar surface area (TPSA) is 85.5 Å². The van der Waals surface area contributed by atoms with Crippen molar-refractivity contribution >= 4 is 28.7 Å². The minimum Gasteiger partial charge on any atom is -0.488 e. The third-order valence-corrected chi connectivity index (χ3v) is 8.08. The Bertz CT molecular complexity index is 1390. The molecule has 3 aromatic rings. The number of aromatic nitrogens is 2. The summed E-state index contributed by atoms with van der Waals surface area (Å²) < 4.78 is 47.8. The van der Waals surface area contributed by atoms with E-state index in [0.29, 0.717) is 11.1 Å². The van der Waals surface area contributed by atoms with Crippen LogP contribution in [-0.4, -0.2) is 55.8 Å². The molecule has 1 aliphatic heterocycles. The number of nitrogens with zero attached hydrogens (tertiary/aromatic N) is 2. The molecule has 206 valence electrons. The number of carbonyl (C=O) groups is 1. The van der Waals surface area contributed by atoms with Crippen molar-refractivity contribution in [2.75, 3.05) is 18.1 Å². The number of aliphatic hydroxyl groups is 1. The predicted octanol–water partition coefficient (Wildman–Crippen LogP) is 4.92. The van der Waals surface area contributed by atoms with E-state index in [1.807, 2.05) is 18.7 Å². The van der Waals surface area contributed by atoms with Crippen molar-refractivity contribution in [1.29, 1.82) is 0 Å². The van der Waals surface area contributed by atoms with Gasteiger partial charge in [-0.1, -0.05) is 0 Å². The first-order valence-electron chi connectivity index (χ1n) is 12.4. The molecule has 1 amide bonds. The molecule has 0 radical (unpaired) electrons. The Hall–Kier alpha value is -2.92. The van der Waals surface area contributed by atoms with Crippen molar-refractivity contribution < 1.29 is 27.8 Å². The molecule has 38 heavy (non-hydrogen) atoms. The van der Waals surface area contributed by atoms with E-state index in [9.17, 15) is 23.5 Å². The summed E-state index contributed by atoms with van der Waals surface area (Å²) in [5.41, 5.74) is -1.61. The van der Waals surface area contributed by atoms with E-state index in [1.54, 1.807) is 39.0 Å². The predicted molar refractivity (Wildman–Crippen MR) is 142 cm³/mol. The first kappa shape index (κ1) is 28.1. The van der Waals surface area contributed by atoms with Gasteiger partial charge in [-0.3, -0.25) is 13.9 Å². The quantitative estimate of drug-likeness (QED) is 0.415. The van der Waals surface area contributed by atoms with Gasteiger partial charge in [-0.15, -0.1) is 0 Å². The highest BCUT2D eigenvalue weighted by Crippen LogP contribution is 2.30. The highest BCUT2D eigenvalue weighted by molar-refractivity contribution is 7.99. The number of hydrogen-bond acceptors (Lipinski definition) is 5. The Morgan fingerprint density at radius 2 is 1.87 bits per heavy atom. The van der Waals surface area contributed by atoms with Gasteiger partial charge in [0.2, 0.25) is 0 Å². The number of halogens is 3. The maximum atomic E-state index is 15.0. The molecule has 2 N–H and O–H groups in total. The summed E-state index contributed by atoms with van der Waals surface area (Å²) in [6, 6.07) is 7.33. The third-order valence-electron chi connectivity index (χ3n) is 7.09. The molecule has 2 heterocycles. The molecule has 0 bridgehead atoms. The number of ether oxygens (including phenoxy) is 1. The van der Waals surface area contributed by atoms with Gasteiger partial charge >= 0.3 is 5.69 Å². The Kier molecular flexibility index (Phi) is 7.90. The van der Waals surface area contributed by atoms with Crippen molar-refractivity contribution in [2.45, 2.75) is 64.1 Å². The molecular weight excluding hydrogens is 519 g/mol. The molecular formula is C27H32F3N3O4S. The van der Waals surface area contributed by atoms with Crippen LogP contribution >= 0.6 is 11.8 Å². The molecule has 1 saturated heterocycles. The minimum atomic E-state index is -2.72. The molecule has 1 aromatic heterocycles. The lowest BCUT2D eigenvalue weighted by Crippen LogP contribution is -2.48. The van der Waals surface area contributed by atoms with Crippen LogP contribution in [-0.2, 0) is 0 Å². The molecule has 0 aliphatic carbocycles. The maximum Gasteiger partial charge on any atom is 0.334 e. The molecule has 1 atom stereocenters. The van der Waals surface area contributed by atoms with Gasteiger partial charge in [-0.25, -0.2) is 18.0 Å². The Morgan fingerprint density at radius 1 is 1.18 bits per heavy atom. The molecule has 4 rings (SSSR count). The molecule has 11 heteroatoms. The van der Waals surface area contributed by atoms with E-state index < -0.39 is 36.2 Å². The smallest absolute Gasteiger partial charge is 0.334 e. The van der Waals surface area contributed by atoms with Crippen LogP contribution in [0.4, 0.5) is 13.2 Å². The fourth-order valence-electron chi connectivity index (χ4n) is 4.49. The largest absolute Gasteiger partial charge is 0.488 e. The second kappa shape index (κ2) is 10.7. The summed E-state index contributed by atoms with van der Waals surface area (Å²) in [6.07, 6.45) is -1.04. The zero-order valence-electron chi connectivity index (χ0n) is 21.8. The zero-order valence-corrected chi connectivity index (χ0v) is 22.6. The van der Waals surface area contributed by atoms with Crippen LogP contribution in [0.3, 0.4) is 0 Å². The van der Waals surface area contributed by atoms with Crippen LogP contribution in [0.1, 0.15) is 56.9 Å². The summed E-state index contributed by atoms with van der Waals surface area (Å²) in [5, 5.41) is 13.9. The standard InChI is InChI=1S/C27H32F3N3O4S/c1-16(26(2,3)36)32-22-13-17(24(34)31-27(4)9-11-38-12-10-27)5-8-20(22)33(25(32)35)21-14-18(6-7-19(21)28)37-15-23(29)30/h5-8,13-14,16,23,36H,9-12,15H2,1-4H3,(H,31,34). The number of rotatable bonds is 8. The highest BCUT2D eigenvalue weighted by atomic mass is 32.2. The van der Waals surface area contributed by atoms with Gasteiger partial charge in [0.15, 0.2) is 0 Å². The average Bonchev–Trinajstić information content (AvgIpc) is 3.13. The first-order chi connectivity index (χ1) is 17.8. The summed E-state index contributed by atoms with van der Waals surface area (Å²) in [4.78, 5) is 27.0. The number of fused-ring (bicyclic) bond motifs is 1. The lowest BCUT2D eigenvalue weighted by atomic mass is 9.94. The number of imidazole rings is 1. The fourth-order valence-corrected chi connectivity index (χ4v) is 5.88. The normalized spacial score (nSPS) is 16.6. The summed E-state index contributed by atoms with van der Waals surface area (Å²) >= 11 is 1.85. The number of amides is 1. The first-order valence-corrected chi connectivity index (χ1v) is 13.6. The zero-order chi connectivity index (χ0) is 27.8. The van der Waals surface area contributed by atoms with Gasteiger partial charge in [0, 0.05) is 17.2 Å². The van der Waals surface area contributed by atoms with Gasteiger partial charge in [0.1, 0.15) is 18.2 Å². The van der Waals surface area contributed by atoms with E-state index in [4.69, 9.17) is 4.74 Å². The second-order valence-corrected chi connectivity index (χ2v) is 11.7. The van der Waals surface area contributed by atoms with Crippen LogP contribution in [0.2, 0.25) is 0 Å². The van der Waals surface area contributed by atoms with Gasteiger partial charge in [0.05, 0.1) is 28.4 Å². The van der Waals surface area contributed by atoms with Crippen LogP contribution in [0, 0.1) is 5.82 Å². The van der Waals surface area contributed by atoms with Crippen LogP contribution in [0.5, 0.6) is 5.75 Å². The van der Waals surface area contributed by atoms with Crippen LogP contribution in [0.15, 0.2) is 41.2 Å². The maximum absolute atomic E-state index is 15.0. The second-order valence-electron chi connectivity index (χ2n) is 10.5. The summed E-state index contributed by atoms with van der Waals surface area (Å²) in [7, 11) is 0. The van der Waals surface area contributed by atoms with E-state index in [2.05, 4.69) is 5.32 Å². The highest BCUT2D eigenvalue weighted by Gasteiger charge is 2.32. The fraction of sp³-hybridized carbons (Fsp3) is 0.481. The summed E-state index contributed by atoms with van der Waals surface area (Å²) in [6.45, 7) is 5.87. The number of benzene rings is 2. The molecule has 7 nitrogen and oxygen atoms in total.